The molecule has 1 heterocycles. The smallest absolute Gasteiger partial charge is 0.341 e. The zero-order chi connectivity index (χ0) is 13.8. The monoisotopic (exact) mass is 343 g/mol. The van der Waals surface area contributed by atoms with Crippen molar-refractivity contribution in [2.75, 3.05) is 12.4 Å². The number of ether oxygens (including phenoxy) is 1. The van der Waals surface area contributed by atoms with Crippen LogP contribution in [0.25, 0.3) is 0 Å². The first kappa shape index (κ1) is 14.0. The van der Waals surface area contributed by atoms with Gasteiger partial charge < -0.3 is 14.5 Å². The van der Waals surface area contributed by atoms with E-state index in [1.54, 1.807) is 12.1 Å². The van der Waals surface area contributed by atoms with Crippen LogP contribution in [-0.4, -0.2) is 13.1 Å². The zero-order valence-corrected chi connectivity index (χ0v) is 12.4. The summed E-state index contributed by atoms with van der Waals surface area (Å²) in [5.74, 6) is 0.223. The maximum absolute atomic E-state index is 11.3. The van der Waals surface area contributed by atoms with Crippen LogP contribution < -0.4 is 5.32 Å². The lowest BCUT2D eigenvalue weighted by molar-refractivity contribution is 0.0600. The largest absolute Gasteiger partial charge is 0.467 e. The topological polar surface area (TPSA) is 51.5 Å². The molecule has 100 valence electrons. The first-order chi connectivity index (χ1) is 9.10. The van der Waals surface area contributed by atoms with Gasteiger partial charge in [0.2, 0.25) is 0 Å². The highest BCUT2D eigenvalue weighted by atomic mass is 79.9. The Bertz CT molecular complexity index is 597. The second-order valence-electron chi connectivity index (χ2n) is 3.78. The van der Waals surface area contributed by atoms with E-state index in [0.717, 1.165) is 10.2 Å². The molecule has 0 saturated heterocycles. The molecule has 1 aromatic carbocycles. The van der Waals surface area contributed by atoms with Crippen LogP contribution in [0.4, 0.5) is 5.69 Å². The predicted molar refractivity (Wildman–Crippen MR) is 76.5 cm³/mol. The number of halogens is 2. The Hall–Kier alpha value is -1.46. The minimum absolute atomic E-state index is 0.396. The third-order valence-corrected chi connectivity index (χ3v) is 3.69. The second-order valence-corrected chi connectivity index (χ2v) is 5.04. The summed E-state index contributed by atoms with van der Waals surface area (Å²) in [6, 6.07) is 7.18. The fourth-order valence-corrected chi connectivity index (χ4v) is 1.92. The molecule has 0 radical (unpaired) electrons. The SMILES string of the molecule is COC(=O)c1coc(CNc2ccc(Br)c(Cl)c2)c1. The van der Waals surface area contributed by atoms with Gasteiger partial charge in [-0.05, 0) is 40.2 Å². The number of methoxy groups -OCH3 is 1. The molecule has 2 aromatic rings. The van der Waals surface area contributed by atoms with Gasteiger partial charge in [-0.2, -0.15) is 0 Å². The van der Waals surface area contributed by atoms with E-state index in [4.69, 9.17) is 16.0 Å². The van der Waals surface area contributed by atoms with Gasteiger partial charge in [-0.25, -0.2) is 4.79 Å². The van der Waals surface area contributed by atoms with Crippen molar-refractivity contribution in [3.05, 3.63) is 51.3 Å². The molecule has 0 amide bonds. The fourth-order valence-electron chi connectivity index (χ4n) is 1.49. The Morgan fingerprint density at radius 1 is 1.47 bits per heavy atom. The van der Waals surface area contributed by atoms with Crippen LogP contribution in [0.15, 0.2) is 39.4 Å². The van der Waals surface area contributed by atoms with Gasteiger partial charge >= 0.3 is 5.97 Å². The number of rotatable bonds is 4. The van der Waals surface area contributed by atoms with E-state index < -0.39 is 5.97 Å². The van der Waals surface area contributed by atoms with Crippen LogP contribution in [0.2, 0.25) is 5.02 Å². The molecular weight excluding hydrogens is 334 g/mol. The van der Waals surface area contributed by atoms with Gasteiger partial charge in [0.05, 0.1) is 24.2 Å². The lowest BCUT2D eigenvalue weighted by Gasteiger charge is -2.05. The summed E-state index contributed by atoms with van der Waals surface area (Å²) in [4.78, 5) is 11.3. The number of nitrogens with one attached hydrogen (secondary N) is 1. The van der Waals surface area contributed by atoms with Crippen LogP contribution in [0.1, 0.15) is 16.1 Å². The first-order valence-electron chi connectivity index (χ1n) is 5.45. The van der Waals surface area contributed by atoms with Crippen molar-refractivity contribution < 1.29 is 13.9 Å². The Balaban J connectivity index is 2.00. The van der Waals surface area contributed by atoms with Gasteiger partial charge in [-0.15, -0.1) is 0 Å². The van der Waals surface area contributed by atoms with E-state index in [2.05, 4.69) is 26.0 Å². The van der Waals surface area contributed by atoms with Gasteiger partial charge in [0.1, 0.15) is 12.0 Å². The van der Waals surface area contributed by atoms with E-state index in [9.17, 15) is 4.79 Å². The molecule has 0 aliphatic heterocycles. The number of carbonyl (C=O) groups excluding carboxylic acids is 1. The second kappa shape index (κ2) is 6.12. The lowest BCUT2D eigenvalue weighted by atomic mass is 10.3. The minimum atomic E-state index is -0.415. The third-order valence-electron chi connectivity index (χ3n) is 2.46. The molecule has 0 atom stereocenters. The molecule has 0 aliphatic carbocycles. The molecule has 6 heteroatoms. The maximum atomic E-state index is 11.3. The van der Waals surface area contributed by atoms with Crippen LogP contribution in [-0.2, 0) is 11.3 Å². The average molecular weight is 345 g/mol. The maximum Gasteiger partial charge on any atom is 0.341 e. The number of furan rings is 1. The average Bonchev–Trinajstić information content (AvgIpc) is 2.88. The summed E-state index contributed by atoms with van der Waals surface area (Å²) in [5, 5.41) is 3.77. The predicted octanol–water partition coefficient (Wildman–Crippen LogP) is 4.09. The van der Waals surface area contributed by atoms with E-state index in [-0.39, 0.29) is 0 Å². The van der Waals surface area contributed by atoms with Crippen molar-refractivity contribution in [2.24, 2.45) is 0 Å². The molecule has 4 nitrogen and oxygen atoms in total. The summed E-state index contributed by atoms with van der Waals surface area (Å²) < 4.78 is 10.7. The molecule has 0 fully saturated rings. The molecule has 0 bridgehead atoms. The molecule has 1 aromatic heterocycles. The van der Waals surface area contributed by atoms with Gasteiger partial charge in [-0.3, -0.25) is 0 Å². The highest BCUT2D eigenvalue weighted by Gasteiger charge is 2.10. The van der Waals surface area contributed by atoms with Gasteiger partial charge in [0.15, 0.2) is 0 Å². The summed E-state index contributed by atoms with van der Waals surface area (Å²) >= 11 is 9.31. The Kier molecular flexibility index (Phi) is 4.50. The molecule has 0 spiro atoms. The normalized spacial score (nSPS) is 10.3. The van der Waals surface area contributed by atoms with Crippen molar-refractivity contribution >= 4 is 39.2 Å². The molecule has 1 N–H and O–H groups in total. The molecule has 19 heavy (non-hydrogen) atoms. The molecule has 0 saturated carbocycles. The van der Waals surface area contributed by atoms with E-state index in [1.165, 1.54) is 13.4 Å². The van der Waals surface area contributed by atoms with Crippen LogP contribution >= 0.6 is 27.5 Å². The fraction of sp³-hybridized carbons (Fsp3) is 0.154. The summed E-state index contributed by atoms with van der Waals surface area (Å²) in [5.41, 5.74) is 1.26. The Morgan fingerprint density at radius 3 is 2.95 bits per heavy atom. The summed E-state index contributed by atoms with van der Waals surface area (Å²) in [6.45, 7) is 0.453. The van der Waals surface area contributed by atoms with E-state index in [1.807, 2.05) is 12.1 Å². The number of benzene rings is 1. The zero-order valence-electron chi connectivity index (χ0n) is 10.1. The Morgan fingerprint density at radius 2 is 2.26 bits per heavy atom. The van der Waals surface area contributed by atoms with Gasteiger partial charge in [0.25, 0.3) is 0 Å². The standard InChI is InChI=1S/C13H11BrClNO3/c1-18-13(17)8-4-10(19-7-8)6-16-9-2-3-11(14)12(15)5-9/h2-5,7,16H,6H2,1H3. The molecule has 0 aliphatic rings. The number of hydrogen-bond acceptors (Lipinski definition) is 4. The summed E-state index contributed by atoms with van der Waals surface area (Å²) in [6.07, 6.45) is 1.37. The quantitative estimate of drug-likeness (QED) is 0.849. The lowest BCUT2D eigenvalue weighted by Crippen LogP contribution is -2.00. The van der Waals surface area contributed by atoms with Crippen LogP contribution in [0.5, 0.6) is 0 Å². The van der Waals surface area contributed by atoms with Crippen molar-refractivity contribution in [1.29, 1.82) is 0 Å². The molecule has 2 rings (SSSR count). The van der Waals surface area contributed by atoms with E-state index in [0.29, 0.717) is 22.9 Å². The highest BCUT2D eigenvalue weighted by molar-refractivity contribution is 9.10. The molecule has 0 unspecified atom stereocenters. The van der Waals surface area contributed by atoms with Gasteiger partial charge in [0, 0.05) is 10.2 Å². The third kappa shape index (κ3) is 3.52. The van der Waals surface area contributed by atoms with Gasteiger partial charge in [-0.1, -0.05) is 11.6 Å². The first-order valence-corrected chi connectivity index (χ1v) is 6.62. The summed E-state index contributed by atoms with van der Waals surface area (Å²) in [7, 11) is 1.33. The van der Waals surface area contributed by atoms with Crippen LogP contribution in [0, 0.1) is 0 Å². The minimum Gasteiger partial charge on any atom is -0.467 e. The van der Waals surface area contributed by atoms with Crippen LogP contribution in [0.3, 0.4) is 0 Å². The van der Waals surface area contributed by atoms with Crippen molar-refractivity contribution in [3.8, 4) is 0 Å². The van der Waals surface area contributed by atoms with Crippen molar-refractivity contribution in [2.45, 2.75) is 6.54 Å². The number of anilines is 1. The van der Waals surface area contributed by atoms with Crippen molar-refractivity contribution in [3.63, 3.8) is 0 Å². The van der Waals surface area contributed by atoms with E-state index >= 15 is 0 Å². The number of carbonyl (C=O) groups is 1. The highest BCUT2D eigenvalue weighted by Crippen LogP contribution is 2.25. The Labute approximate surface area is 123 Å². The van der Waals surface area contributed by atoms with Crippen molar-refractivity contribution in [1.82, 2.24) is 0 Å². The number of hydrogen-bond donors (Lipinski definition) is 1. The number of esters is 1. The molecular formula is C13H11BrClNO3.